The van der Waals surface area contributed by atoms with Gasteiger partial charge in [-0.15, -0.1) is 0 Å². The quantitative estimate of drug-likeness (QED) is 0.916. The Labute approximate surface area is 114 Å². The van der Waals surface area contributed by atoms with E-state index in [9.17, 15) is 0 Å². The van der Waals surface area contributed by atoms with Gasteiger partial charge in [0.05, 0.1) is 5.52 Å². The first kappa shape index (κ1) is 12.4. The van der Waals surface area contributed by atoms with Crippen LogP contribution < -0.4 is 5.73 Å². The second-order valence-corrected chi connectivity index (χ2v) is 5.58. The van der Waals surface area contributed by atoms with Gasteiger partial charge in [0.15, 0.2) is 0 Å². The molecule has 1 aliphatic rings. The molecule has 0 aliphatic heterocycles. The van der Waals surface area contributed by atoms with Gasteiger partial charge in [0.25, 0.3) is 0 Å². The molecule has 0 unspecified atom stereocenters. The minimum Gasteiger partial charge on any atom is -0.383 e. The Morgan fingerprint density at radius 3 is 2.79 bits per heavy atom. The first-order valence-electron chi connectivity index (χ1n) is 7.08. The predicted molar refractivity (Wildman–Crippen MR) is 79.9 cm³/mol. The Hall–Kier alpha value is -1.61. The average Bonchev–Trinajstić information content (AvgIpc) is 2.93. The first-order valence-corrected chi connectivity index (χ1v) is 7.08. The number of hydrogen-bond acceptors (Lipinski definition) is 3. The van der Waals surface area contributed by atoms with Crippen LogP contribution in [0.25, 0.3) is 10.9 Å². The maximum atomic E-state index is 6.10. The lowest BCUT2D eigenvalue weighted by molar-refractivity contribution is 0.237. The fraction of sp³-hybridized carbons (Fsp3) is 0.438. The summed E-state index contributed by atoms with van der Waals surface area (Å²) in [7, 11) is 2.20. The zero-order chi connectivity index (χ0) is 13.2. The van der Waals surface area contributed by atoms with Crippen LogP contribution in [0, 0.1) is 0 Å². The van der Waals surface area contributed by atoms with E-state index >= 15 is 0 Å². The fourth-order valence-corrected chi connectivity index (χ4v) is 3.04. The Morgan fingerprint density at radius 2 is 2.00 bits per heavy atom. The molecule has 3 rings (SSSR count). The van der Waals surface area contributed by atoms with Gasteiger partial charge in [0.2, 0.25) is 0 Å². The summed E-state index contributed by atoms with van der Waals surface area (Å²) in [6.07, 6.45) is 5.36. The highest BCUT2D eigenvalue weighted by Gasteiger charge is 2.20. The van der Waals surface area contributed by atoms with Crippen molar-refractivity contribution in [1.29, 1.82) is 0 Å². The first-order chi connectivity index (χ1) is 9.24. The van der Waals surface area contributed by atoms with Crippen molar-refractivity contribution in [2.75, 3.05) is 12.8 Å². The number of nitrogens with zero attached hydrogens (tertiary/aromatic N) is 2. The molecule has 1 aliphatic carbocycles. The number of hydrogen-bond donors (Lipinski definition) is 1. The number of pyridine rings is 1. The third-order valence-electron chi connectivity index (χ3n) is 4.20. The van der Waals surface area contributed by atoms with Crippen molar-refractivity contribution in [3.63, 3.8) is 0 Å². The van der Waals surface area contributed by atoms with Crippen molar-refractivity contribution in [3.05, 3.63) is 35.9 Å². The summed E-state index contributed by atoms with van der Waals surface area (Å²) >= 11 is 0. The topological polar surface area (TPSA) is 42.2 Å². The molecule has 0 bridgehead atoms. The van der Waals surface area contributed by atoms with E-state index in [0.717, 1.165) is 17.6 Å². The second kappa shape index (κ2) is 5.17. The van der Waals surface area contributed by atoms with E-state index in [1.54, 1.807) is 0 Å². The summed E-state index contributed by atoms with van der Waals surface area (Å²) in [5, 5.41) is 1.17. The van der Waals surface area contributed by atoms with Gasteiger partial charge in [0.1, 0.15) is 5.82 Å². The Morgan fingerprint density at radius 1 is 1.26 bits per heavy atom. The van der Waals surface area contributed by atoms with Crippen LogP contribution in [0.3, 0.4) is 0 Å². The SMILES string of the molecule is CN(Cc1cc2ccccc2nc1N)C1CCCC1. The molecule has 3 heteroatoms. The van der Waals surface area contributed by atoms with Crippen LogP contribution in [-0.4, -0.2) is 23.0 Å². The predicted octanol–water partition coefficient (Wildman–Crippen LogP) is 3.19. The minimum atomic E-state index is 0.670. The van der Waals surface area contributed by atoms with Crippen LogP contribution in [0.5, 0.6) is 0 Å². The molecule has 0 spiro atoms. The lowest BCUT2D eigenvalue weighted by Crippen LogP contribution is -2.29. The molecule has 0 amide bonds. The molecule has 19 heavy (non-hydrogen) atoms. The van der Waals surface area contributed by atoms with Gasteiger partial charge in [-0.05, 0) is 32.0 Å². The van der Waals surface area contributed by atoms with Gasteiger partial charge in [-0.2, -0.15) is 0 Å². The van der Waals surface area contributed by atoms with Crippen molar-refractivity contribution in [2.45, 2.75) is 38.3 Å². The van der Waals surface area contributed by atoms with Crippen molar-refractivity contribution < 1.29 is 0 Å². The van der Waals surface area contributed by atoms with Crippen molar-refractivity contribution >= 4 is 16.7 Å². The standard InChI is InChI=1S/C16H21N3/c1-19(14-7-3-4-8-14)11-13-10-12-6-2-5-9-15(12)18-16(13)17/h2,5-6,9-10,14H,3-4,7-8,11H2,1H3,(H2,17,18). The average molecular weight is 255 g/mol. The molecule has 0 saturated heterocycles. The van der Waals surface area contributed by atoms with Crippen LogP contribution in [0.1, 0.15) is 31.2 Å². The van der Waals surface area contributed by atoms with E-state index in [1.807, 2.05) is 18.2 Å². The third-order valence-corrected chi connectivity index (χ3v) is 4.20. The molecular weight excluding hydrogens is 234 g/mol. The van der Waals surface area contributed by atoms with Gasteiger partial charge in [-0.25, -0.2) is 4.98 Å². The monoisotopic (exact) mass is 255 g/mol. The van der Waals surface area contributed by atoms with E-state index in [2.05, 4.69) is 29.1 Å². The van der Waals surface area contributed by atoms with Crippen molar-refractivity contribution in [3.8, 4) is 0 Å². The van der Waals surface area contributed by atoms with Crippen LogP contribution in [0.15, 0.2) is 30.3 Å². The van der Waals surface area contributed by atoms with E-state index in [4.69, 9.17) is 5.73 Å². The van der Waals surface area contributed by atoms with Gasteiger partial charge >= 0.3 is 0 Å². The molecule has 1 fully saturated rings. The Bertz CT molecular complexity index is 573. The molecule has 0 atom stereocenters. The summed E-state index contributed by atoms with van der Waals surface area (Å²) in [6.45, 7) is 0.897. The fourth-order valence-electron chi connectivity index (χ4n) is 3.04. The molecule has 1 heterocycles. The second-order valence-electron chi connectivity index (χ2n) is 5.58. The lowest BCUT2D eigenvalue weighted by atomic mass is 10.1. The van der Waals surface area contributed by atoms with Crippen LogP contribution in [0.4, 0.5) is 5.82 Å². The number of anilines is 1. The number of rotatable bonds is 3. The summed E-state index contributed by atoms with van der Waals surface area (Å²) in [6, 6.07) is 11.1. The molecular formula is C16H21N3. The van der Waals surface area contributed by atoms with Gasteiger partial charge in [-0.1, -0.05) is 31.0 Å². The van der Waals surface area contributed by atoms with E-state index in [1.165, 1.54) is 31.1 Å². The zero-order valence-corrected chi connectivity index (χ0v) is 11.5. The van der Waals surface area contributed by atoms with Crippen LogP contribution in [0.2, 0.25) is 0 Å². The summed E-state index contributed by atoms with van der Waals surface area (Å²) in [4.78, 5) is 6.93. The number of aromatic nitrogens is 1. The summed E-state index contributed by atoms with van der Waals surface area (Å²) in [5.74, 6) is 0.670. The third kappa shape index (κ3) is 2.56. The van der Waals surface area contributed by atoms with Crippen LogP contribution in [-0.2, 0) is 6.54 Å². The maximum absolute atomic E-state index is 6.10. The normalized spacial score (nSPS) is 16.5. The Balaban J connectivity index is 1.85. The molecule has 2 N–H and O–H groups in total. The number of benzene rings is 1. The van der Waals surface area contributed by atoms with Crippen molar-refractivity contribution in [2.24, 2.45) is 0 Å². The molecule has 2 aromatic rings. The van der Waals surface area contributed by atoms with E-state index in [0.29, 0.717) is 11.9 Å². The molecule has 1 saturated carbocycles. The van der Waals surface area contributed by atoms with Crippen molar-refractivity contribution in [1.82, 2.24) is 9.88 Å². The minimum absolute atomic E-state index is 0.670. The largest absolute Gasteiger partial charge is 0.383 e. The maximum Gasteiger partial charge on any atom is 0.128 e. The number of nitrogens with two attached hydrogens (primary N) is 1. The van der Waals surface area contributed by atoms with Crippen LogP contribution >= 0.6 is 0 Å². The molecule has 0 radical (unpaired) electrons. The smallest absolute Gasteiger partial charge is 0.128 e. The van der Waals surface area contributed by atoms with Gasteiger partial charge in [-0.3, -0.25) is 4.90 Å². The number of para-hydroxylation sites is 1. The van der Waals surface area contributed by atoms with E-state index in [-0.39, 0.29) is 0 Å². The lowest BCUT2D eigenvalue weighted by Gasteiger charge is -2.24. The number of nitrogen functional groups attached to an aromatic ring is 1. The molecule has 1 aromatic carbocycles. The number of fused-ring (bicyclic) bond motifs is 1. The highest BCUT2D eigenvalue weighted by Crippen LogP contribution is 2.25. The van der Waals surface area contributed by atoms with Gasteiger partial charge in [0, 0.05) is 23.5 Å². The summed E-state index contributed by atoms with van der Waals surface area (Å²) in [5.41, 5.74) is 8.22. The molecule has 3 nitrogen and oxygen atoms in total. The highest BCUT2D eigenvalue weighted by molar-refractivity contribution is 5.81. The zero-order valence-electron chi connectivity index (χ0n) is 11.5. The highest BCUT2D eigenvalue weighted by atomic mass is 15.1. The molecule has 1 aromatic heterocycles. The van der Waals surface area contributed by atoms with Gasteiger partial charge < -0.3 is 5.73 Å². The molecule has 100 valence electrons. The summed E-state index contributed by atoms with van der Waals surface area (Å²) < 4.78 is 0. The Kier molecular flexibility index (Phi) is 3.38. The van der Waals surface area contributed by atoms with E-state index < -0.39 is 0 Å².